The first kappa shape index (κ1) is 12.4. The Morgan fingerprint density at radius 3 is 2.87 bits per heavy atom. The lowest BCUT2D eigenvalue weighted by molar-refractivity contribution is -0.0327. The second kappa shape index (κ2) is 5.41. The number of aromatic amines is 1. The molecule has 0 spiro atoms. The van der Waals surface area contributed by atoms with Crippen LogP contribution in [0.2, 0.25) is 0 Å². The molecule has 7 heteroatoms. The van der Waals surface area contributed by atoms with Gasteiger partial charge in [0.05, 0.1) is 5.69 Å². The van der Waals surface area contributed by atoms with E-state index in [1.165, 1.54) is 0 Å². The summed E-state index contributed by atoms with van der Waals surface area (Å²) in [6.07, 6.45) is 1.61. The Hall–Kier alpha value is -0.690. The van der Waals surface area contributed by atoms with Gasteiger partial charge in [0.2, 0.25) is 0 Å². The number of halogens is 3. The molecule has 0 aromatic carbocycles. The zero-order valence-corrected chi connectivity index (χ0v) is 8.95. The van der Waals surface area contributed by atoms with Gasteiger partial charge in [-0.1, -0.05) is 0 Å². The second-order valence-corrected chi connectivity index (χ2v) is 4.14. The van der Waals surface area contributed by atoms with E-state index in [-0.39, 0.29) is 23.6 Å². The minimum Gasteiger partial charge on any atom is -0.308 e. The summed E-state index contributed by atoms with van der Waals surface area (Å²) in [6, 6.07) is 1.77. The smallest absolute Gasteiger partial charge is 0.308 e. The number of alkyl halides is 3. The van der Waals surface area contributed by atoms with Crippen molar-refractivity contribution in [3.8, 4) is 0 Å². The number of H-pyrrole nitrogens is 1. The van der Waals surface area contributed by atoms with Gasteiger partial charge in [0.25, 0.3) is 0 Å². The third-order valence-electron chi connectivity index (χ3n) is 1.81. The van der Waals surface area contributed by atoms with Gasteiger partial charge in [0, 0.05) is 24.5 Å². The van der Waals surface area contributed by atoms with Crippen molar-refractivity contribution in [2.45, 2.75) is 18.5 Å². The van der Waals surface area contributed by atoms with Crippen LogP contribution in [0.5, 0.6) is 0 Å². The average Bonchev–Trinajstić information content (AvgIpc) is 2.63. The maximum Gasteiger partial charge on any atom is 0.441 e. The Bertz CT molecular complexity index is 273. The van der Waals surface area contributed by atoms with Crippen LogP contribution in [-0.2, 0) is 0 Å². The van der Waals surface area contributed by atoms with E-state index >= 15 is 0 Å². The van der Waals surface area contributed by atoms with E-state index in [4.69, 9.17) is 0 Å². The number of nitrogens with zero attached hydrogens (tertiary/aromatic N) is 1. The molecular formula is C8H12F3N3S. The van der Waals surface area contributed by atoms with Crippen LogP contribution in [0, 0.1) is 0 Å². The summed E-state index contributed by atoms with van der Waals surface area (Å²) in [4.78, 5) is 0. The molecule has 1 aromatic rings. The van der Waals surface area contributed by atoms with Gasteiger partial charge in [-0.2, -0.15) is 18.3 Å². The molecular weight excluding hydrogens is 227 g/mol. The fourth-order valence-corrected chi connectivity index (χ4v) is 1.51. The minimum atomic E-state index is -4.14. The van der Waals surface area contributed by atoms with E-state index in [0.717, 1.165) is 5.69 Å². The van der Waals surface area contributed by atoms with Crippen molar-refractivity contribution in [1.82, 2.24) is 15.5 Å². The lowest BCUT2D eigenvalue weighted by atomic mass is 10.2. The highest BCUT2D eigenvalue weighted by Crippen LogP contribution is 2.29. The van der Waals surface area contributed by atoms with Crippen LogP contribution >= 0.6 is 11.8 Å². The average molecular weight is 239 g/mol. The molecule has 0 aliphatic heterocycles. The molecule has 86 valence electrons. The number of thioether (sulfide) groups is 1. The number of hydrogen-bond donors (Lipinski definition) is 2. The third kappa shape index (κ3) is 5.08. The molecule has 2 N–H and O–H groups in total. The Kier molecular flexibility index (Phi) is 4.46. The third-order valence-corrected chi connectivity index (χ3v) is 2.54. The molecule has 1 rings (SSSR count). The molecule has 1 aromatic heterocycles. The van der Waals surface area contributed by atoms with Crippen LogP contribution < -0.4 is 5.32 Å². The Labute approximate surface area is 89.8 Å². The molecule has 1 unspecified atom stereocenters. The standard InChI is InChI=1S/C8H12F3N3S/c1-6(7-2-3-13-14-7)12-4-5-15-8(9,10)11/h2-3,6,12H,4-5H2,1H3,(H,13,14). The molecule has 1 atom stereocenters. The fourth-order valence-electron chi connectivity index (χ4n) is 1.06. The number of hydrogen-bond acceptors (Lipinski definition) is 3. The second-order valence-electron chi connectivity index (χ2n) is 2.98. The summed E-state index contributed by atoms with van der Waals surface area (Å²) in [7, 11) is 0. The number of rotatable bonds is 5. The van der Waals surface area contributed by atoms with Crippen LogP contribution in [-0.4, -0.2) is 28.0 Å². The number of nitrogens with one attached hydrogen (secondary N) is 2. The van der Waals surface area contributed by atoms with E-state index in [1.54, 1.807) is 12.3 Å². The van der Waals surface area contributed by atoms with E-state index in [0.29, 0.717) is 6.54 Å². The summed E-state index contributed by atoms with van der Waals surface area (Å²) in [6.45, 7) is 2.18. The van der Waals surface area contributed by atoms with Crippen molar-refractivity contribution in [1.29, 1.82) is 0 Å². The van der Waals surface area contributed by atoms with E-state index in [1.807, 2.05) is 6.92 Å². The van der Waals surface area contributed by atoms with Gasteiger partial charge >= 0.3 is 5.51 Å². The van der Waals surface area contributed by atoms with Gasteiger partial charge < -0.3 is 5.32 Å². The molecule has 1 heterocycles. The van der Waals surface area contributed by atoms with Gasteiger partial charge in [-0.3, -0.25) is 5.10 Å². The predicted octanol–water partition coefficient (Wildman–Crippen LogP) is 2.31. The van der Waals surface area contributed by atoms with Crippen molar-refractivity contribution in [2.75, 3.05) is 12.3 Å². The SMILES string of the molecule is CC(NCCSC(F)(F)F)c1ccn[nH]1. The monoisotopic (exact) mass is 239 g/mol. The Morgan fingerprint density at radius 1 is 1.60 bits per heavy atom. The molecule has 0 saturated heterocycles. The van der Waals surface area contributed by atoms with Crippen LogP contribution in [0.25, 0.3) is 0 Å². The highest BCUT2D eigenvalue weighted by molar-refractivity contribution is 8.00. The molecule has 0 bridgehead atoms. The topological polar surface area (TPSA) is 40.7 Å². The highest BCUT2D eigenvalue weighted by atomic mass is 32.2. The highest BCUT2D eigenvalue weighted by Gasteiger charge is 2.27. The van der Waals surface area contributed by atoms with E-state index in [9.17, 15) is 13.2 Å². The van der Waals surface area contributed by atoms with Gasteiger partial charge in [-0.25, -0.2) is 0 Å². The van der Waals surface area contributed by atoms with Crippen molar-refractivity contribution in [3.05, 3.63) is 18.0 Å². The largest absolute Gasteiger partial charge is 0.441 e. The van der Waals surface area contributed by atoms with Gasteiger partial charge in [-0.15, -0.1) is 0 Å². The first-order valence-corrected chi connectivity index (χ1v) is 5.41. The first-order valence-electron chi connectivity index (χ1n) is 4.42. The number of aromatic nitrogens is 2. The molecule has 15 heavy (non-hydrogen) atoms. The minimum absolute atomic E-state index is 0.0127. The zero-order valence-electron chi connectivity index (χ0n) is 8.14. The Morgan fingerprint density at radius 2 is 2.33 bits per heavy atom. The molecule has 0 amide bonds. The van der Waals surface area contributed by atoms with Crippen molar-refractivity contribution in [2.24, 2.45) is 0 Å². The summed E-state index contributed by atoms with van der Waals surface area (Å²) >= 11 is -0.0155. The van der Waals surface area contributed by atoms with Crippen LogP contribution in [0.1, 0.15) is 18.7 Å². The predicted molar refractivity (Wildman–Crippen MR) is 53.5 cm³/mol. The summed E-state index contributed by atoms with van der Waals surface area (Å²) in [5.41, 5.74) is -3.27. The lowest BCUT2D eigenvalue weighted by Crippen LogP contribution is -2.22. The van der Waals surface area contributed by atoms with E-state index < -0.39 is 5.51 Å². The molecule has 0 saturated carbocycles. The van der Waals surface area contributed by atoms with Gasteiger partial charge in [0.1, 0.15) is 0 Å². The first-order chi connectivity index (χ1) is 6.99. The van der Waals surface area contributed by atoms with Crippen molar-refractivity contribution < 1.29 is 13.2 Å². The fraction of sp³-hybridized carbons (Fsp3) is 0.625. The van der Waals surface area contributed by atoms with Crippen LogP contribution in [0.3, 0.4) is 0 Å². The lowest BCUT2D eigenvalue weighted by Gasteiger charge is -2.12. The maximum atomic E-state index is 11.8. The summed E-state index contributed by atoms with van der Waals surface area (Å²) in [5.74, 6) is 0.0159. The van der Waals surface area contributed by atoms with E-state index in [2.05, 4.69) is 15.5 Å². The maximum absolute atomic E-state index is 11.8. The van der Waals surface area contributed by atoms with Gasteiger partial charge in [-0.05, 0) is 24.8 Å². The van der Waals surface area contributed by atoms with Crippen molar-refractivity contribution in [3.63, 3.8) is 0 Å². The normalized spacial score (nSPS) is 14.1. The Balaban J connectivity index is 2.16. The molecule has 0 fully saturated rings. The quantitative estimate of drug-likeness (QED) is 0.775. The van der Waals surface area contributed by atoms with Crippen LogP contribution in [0.4, 0.5) is 13.2 Å². The molecule has 0 aliphatic carbocycles. The molecule has 3 nitrogen and oxygen atoms in total. The van der Waals surface area contributed by atoms with Gasteiger partial charge in [0.15, 0.2) is 0 Å². The zero-order chi connectivity index (χ0) is 11.3. The van der Waals surface area contributed by atoms with Crippen LogP contribution in [0.15, 0.2) is 12.3 Å². The summed E-state index contributed by atoms with van der Waals surface area (Å²) < 4.78 is 35.3. The van der Waals surface area contributed by atoms with Crippen molar-refractivity contribution >= 4 is 11.8 Å². The molecule has 0 radical (unpaired) electrons. The summed E-state index contributed by atoms with van der Waals surface area (Å²) in [5, 5.41) is 9.48. The molecule has 0 aliphatic rings.